The van der Waals surface area contributed by atoms with Crippen LogP contribution < -0.4 is 10.1 Å². The van der Waals surface area contributed by atoms with E-state index in [1.54, 1.807) is 7.11 Å². The topological polar surface area (TPSA) is 102 Å². The van der Waals surface area contributed by atoms with Crippen molar-refractivity contribution in [3.05, 3.63) is 59.7 Å². The third kappa shape index (κ3) is 6.79. The molecular weight excluding hydrogens is 444 g/mol. The number of piperidine rings is 1. The zero-order chi connectivity index (χ0) is 23.8. The van der Waals surface area contributed by atoms with E-state index < -0.39 is 28.5 Å². The van der Waals surface area contributed by atoms with Gasteiger partial charge in [0.05, 0.1) is 17.6 Å². The molecule has 0 saturated carbocycles. The lowest BCUT2D eigenvalue weighted by Gasteiger charge is -2.29. The van der Waals surface area contributed by atoms with Gasteiger partial charge < -0.3 is 14.8 Å². The molecule has 8 nitrogen and oxygen atoms in total. The van der Waals surface area contributed by atoms with Crippen LogP contribution in [0.5, 0.6) is 5.75 Å². The summed E-state index contributed by atoms with van der Waals surface area (Å²) in [5.41, 5.74) is 1.23. The van der Waals surface area contributed by atoms with Gasteiger partial charge >= 0.3 is 5.97 Å². The maximum atomic E-state index is 12.8. The number of esters is 1. The van der Waals surface area contributed by atoms with Crippen molar-refractivity contribution in [2.45, 2.75) is 31.1 Å². The molecule has 0 bridgehead atoms. The highest BCUT2D eigenvalue weighted by atomic mass is 32.2. The molecule has 1 fully saturated rings. The largest absolute Gasteiger partial charge is 0.497 e. The number of hydrogen-bond acceptors (Lipinski definition) is 6. The molecule has 2 aromatic carbocycles. The third-order valence-electron chi connectivity index (χ3n) is 5.70. The number of amides is 1. The Balaban J connectivity index is 1.44. The Morgan fingerprint density at radius 2 is 1.67 bits per heavy atom. The number of carbonyl (C=O) groups excluding carboxylic acids is 2. The third-order valence-corrected chi connectivity index (χ3v) is 7.61. The highest BCUT2D eigenvalue weighted by Gasteiger charge is 2.28. The lowest BCUT2D eigenvalue weighted by atomic mass is 10.0. The van der Waals surface area contributed by atoms with E-state index in [1.165, 1.54) is 28.6 Å². The van der Waals surface area contributed by atoms with Crippen LogP contribution in [0.3, 0.4) is 0 Å². The second-order valence-corrected chi connectivity index (χ2v) is 10.1. The monoisotopic (exact) mass is 474 g/mol. The standard InChI is InChI=1S/C24H30N2O6S/c1-18-12-15-26(16-13-18)33(29,30)22-9-5-20(6-10-22)24(28)32-17-23(27)25-14-11-19-3-7-21(31-2)8-4-19/h3-10,18H,11-17H2,1-2H3,(H,25,27). The van der Waals surface area contributed by atoms with Gasteiger partial charge in [-0.15, -0.1) is 0 Å². The number of methoxy groups -OCH3 is 1. The Kier molecular flexibility index (Phi) is 8.46. The van der Waals surface area contributed by atoms with Crippen LogP contribution in [0.25, 0.3) is 0 Å². The van der Waals surface area contributed by atoms with Crippen molar-refractivity contribution in [2.75, 3.05) is 33.4 Å². The number of nitrogens with zero attached hydrogens (tertiary/aromatic N) is 1. The van der Waals surface area contributed by atoms with Crippen LogP contribution in [0, 0.1) is 5.92 Å². The van der Waals surface area contributed by atoms with E-state index in [0.717, 1.165) is 24.2 Å². The summed E-state index contributed by atoms with van der Waals surface area (Å²) in [5.74, 6) is 0.195. The fourth-order valence-corrected chi connectivity index (χ4v) is 5.01. The van der Waals surface area contributed by atoms with E-state index in [2.05, 4.69) is 12.2 Å². The van der Waals surface area contributed by atoms with Crippen molar-refractivity contribution in [3.63, 3.8) is 0 Å². The van der Waals surface area contributed by atoms with Gasteiger partial charge in [0.25, 0.3) is 5.91 Å². The van der Waals surface area contributed by atoms with Crippen LogP contribution >= 0.6 is 0 Å². The van der Waals surface area contributed by atoms with Crippen LogP contribution in [-0.4, -0.2) is 58.0 Å². The molecule has 0 aromatic heterocycles. The van der Waals surface area contributed by atoms with Gasteiger partial charge in [-0.2, -0.15) is 4.31 Å². The van der Waals surface area contributed by atoms with E-state index in [9.17, 15) is 18.0 Å². The molecule has 0 unspecified atom stereocenters. The molecule has 0 atom stereocenters. The highest BCUT2D eigenvalue weighted by molar-refractivity contribution is 7.89. The first-order valence-corrected chi connectivity index (χ1v) is 12.4. The molecule has 1 saturated heterocycles. The van der Waals surface area contributed by atoms with Crippen LogP contribution in [0.1, 0.15) is 35.7 Å². The minimum absolute atomic E-state index is 0.143. The van der Waals surface area contributed by atoms with Crippen molar-refractivity contribution in [3.8, 4) is 5.75 Å². The molecule has 1 heterocycles. The summed E-state index contributed by atoms with van der Waals surface area (Å²) in [6, 6.07) is 13.1. The number of sulfonamides is 1. The van der Waals surface area contributed by atoms with Crippen molar-refractivity contribution in [1.29, 1.82) is 0 Å². The van der Waals surface area contributed by atoms with Gasteiger partial charge in [-0.1, -0.05) is 19.1 Å². The SMILES string of the molecule is COc1ccc(CCNC(=O)COC(=O)c2ccc(S(=O)(=O)N3CCC(C)CC3)cc2)cc1. The Morgan fingerprint density at radius 3 is 2.27 bits per heavy atom. The molecule has 0 radical (unpaired) electrons. The fourth-order valence-electron chi connectivity index (χ4n) is 3.54. The van der Waals surface area contributed by atoms with Gasteiger partial charge in [0, 0.05) is 19.6 Å². The zero-order valence-corrected chi connectivity index (χ0v) is 19.8. The van der Waals surface area contributed by atoms with Gasteiger partial charge in [-0.25, -0.2) is 13.2 Å². The molecule has 33 heavy (non-hydrogen) atoms. The molecular formula is C24H30N2O6S. The number of nitrogens with one attached hydrogen (secondary N) is 1. The summed E-state index contributed by atoms with van der Waals surface area (Å²) in [7, 11) is -1.98. The maximum absolute atomic E-state index is 12.8. The summed E-state index contributed by atoms with van der Waals surface area (Å²) in [4.78, 5) is 24.3. The Bertz CT molecular complexity index is 1040. The van der Waals surface area contributed by atoms with Crippen LogP contribution in [0.2, 0.25) is 0 Å². The van der Waals surface area contributed by atoms with Gasteiger partial charge in [0.2, 0.25) is 10.0 Å². The molecule has 0 aliphatic carbocycles. The lowest BCUT2D eigenvalue weighted by Crippen LogP contribution is -2.37. The first kappa shape index (κ1) is 24.7. The molecule has 1 N–H and O–H groups in total. The molecule has 1 aliphatic heterocycles. The minimum Gasteiger partial charge on any atom is -0.497 e. The Labute approximate surface area is 194 Å². The van der Waals surface area contributed by atoms with Gasteiger partial charge in [-0.3, -0.25) is 4.79 Å². The quantitative estimate of drug-likeness (QED) is 0.561. The van der Waals surface area contributed by atoms with Crippen molar-refractivity contribution in [2.24, 2.45) is 5.92 Å². The van der Waals surface area contributed by atoms with Gasteiger partial charge in [-0.05, 0) is 67.1 Å². The lowest BCUT2D eigenvalue weighted by molar-refractivity contribution is -0.124. The normalized spacial score (nSPS) is 15.1. The summed E-state index contributed by atoms with van der Waals surface area (Å²) in [6.45, 7) is 3.12. The minimum atomic E-state index is -3.58. The average Bonchev–Trinajstić information content (AvgIpc) is 2.83. The van der Waals surface area contributed by atoms with E-state index in [4.69, 9.17) is 9.47 Å². The van der Waals surface area contributed by atoms with Crippen molar-refractivity contribution in [1.82, 2.24) is 9.62 Å². The van der Waals surface area contributed by atoms with Crippen LogP contribution in [0.15, 0.2) is 53.4 Å². The number of carbonyl (C=O) groups is 2. The van der Waals surface area contributed by atoms with E-state index >= 15 is 0 Å². The molecule has 9 heteroatoms. The van der Waals surface area contributed by atoms with Crippen LogP contribution in [-0.2, 0) is 26.0 Å². The Morgan fingerprint density at radius 1 is 1.03 bits per heavy atom. The number of ether oxygens (including phenoxy) is 2. The number of rotatable bonds is 9. The fraction of sp³-hybridized carbons (Fsp3) is 0.417. The van der Waals surface area contributed by atoms with E-state index in [0.29, 0.717) is 32.0 Å². The number of benzene rings is 2. The van der Waals surface area contributed by atoms with Gasteiger partial charge in [0.15, 0.2) is 6.61 Å². The molecule has 0 spiro atoms. The zero-order valence-electron chi connectivity index (χ0n) is 19.0. The summed E-state index contributed by atoms with van der Waals surface area (Å²) >= 11 is 0. The van der Waals surface area contributed by atoms with E-state index in [-0.39, 0.29) is 10.5 Å². The first-order chi connectivity index (χ1) is 15.8. The summed E-state index contributed by atoms with van der Waals surface area (Å²) < 4.78 is 37.2. The predicted molar refractivity (Wildman–Crippen MR) is 124 cm³/mol. The van der Waals surface area contributed by atoms with Crippen LogP contribution in [0.4, 0.5) is 0 Å². The smallest absolute Gasteiger partial charge is 0.338 e. The predicted octanol–water partition coefficient (Wildman–Crippen LogP) is 2.63. The summed E-state index contributed by atoms with van der Waals surface area (Å²) in [6.07, 6.45) is 2.31. The molecule has 2 aromatic rings. The van der Waals surface area contributed by atoms with Crippen molar-refractivity contribution < 1.29 is 27.5 Å². The van der Waals surface area contributed by atoms with E-state index in [1.807, 2.05) is 24.3 Å². The molecule has 1 aliphatic rings. The van der Waals surface area contributed by atoms with Gasteiger partial charge in [0.1, 0.15) is 5.75 Å². The summed E-state index contributed by atoms with van der Waals surface area (Å²) in [5, 5.41) is 2.70. The number of hydrogen-bond donors (Lipinski definition) is 1. The average molecular weight is 475 g/mol. The maximum Gasteiger partial charge on any atom is 0.338 e. The molecule has 178 valence electrons. The van der Waals surface area contributed by atoms with Crippen molar-refractivity contribution >= 4 is 21.9 Å². The Hall–Kier alpha value is -2.91. The second kappa shape index (κ2) is 11.3. The molecule has 1 amide bonds. The molecule has 3 rings (SSSR count). The first-order valence-electron chi connectivity index (χ1n) is 11.0. The highest BCUT2D eigenvalue weighted by Crippen LogP contribution is 2.23. The second-order valence-electron chi connectivity index (χ2n) is 8.14.